The molecule has 0 bridgehead atoms. The molecule has 0 radical (unpaired) electrons. The van der Waals surface area contributed by atoms with Crippen LogP contribution in [0.5, 0.6) is 0 Å². The zero-order chi connectivity index (χ0) is 13.9. The molecule has 3 aromatic rings. The Morgan fingerprint density at radius 1 is 1.30 bits per heavy atom. The van der Waals surface area contributed by atoms with E-state index in [-0.39, 0.29) is 0 Å². The van der Waals surface area contributed by atoms with Crippen LogP contribution in [0.2, 0.25) is 0 Å². The van der Waals surface area contributed by atoms with E-state index < -0.39 is 6.10 Å². The van der Waals surface area contributed by atoms with Crippen molar-refractivity contribution >= 4 is 11.3 Å². The van der Waals surface area contributed by atoms with Crippen LogP contribution in [0, 0.1) is 6.92 Å². The van der Waals surface area contributed by atoms with Gasteiger partial charge >= 0.3 is 0 Å². The topological polar surface area (TPSA) is 50.9 Å². The summed E-state index contributed by atoms with van der Waals surface area (Å²) in [4.78, 5) is 8.73. The first-order valence-corrected chi connectivity index (χ1v) is 7.27. The number of aryl methyl sites for hydroxylation is 1. The van der Waals surface area contributed by atoms with Crippen molar-refractivity contribution in [1.29, 1.82) is 0 Å². The van der Waals surface area contributed by atoms with Gasteiger partial charge in [0.05, 0.1) is 6.54 Å². The molecule has 0 saturated heterocycles. The minimum Gasteiger partial charge on any atom is -0.380 e. The highest BCUT2D eigenvalue weighted by Gasteiger charge is 2.16. The number of hydrogen-bond donors (Lipinski definition) is 1. The number of benzene rings is 1. The van der Waals surface area contributed by atoms with Gasteiger partial charge in [0, 0.05) is 23.5 Å². The number of aliphatic hydroxyl groups excluding tert-OH is 1. The molecule has 0 unspecified atom stereocenters. The van der Waals surface area contributed by atoms with Crippen molar-refractivity contribution in [2.75, 3.05) is 0 Å². The van der Waals surface area contributed by atoms with Crippen molar-refractivity contribution in [1.82, 2.24) is 14.5 Å². The maximum Gasteiger partial charge on any atom is 0.142 e. The molecule has 1 N–H and O–H groups in total. The smallest absolute Gasteiger partial charge is 0.142 e. The first kappa shape index (κ1) is 13.0. The first-order chi connectivity index (χ1) is 9.74. The minimum atomic E-state index is -0.716. The van der Waals surface area contributed by atoms with E-state index in [0.29, 0.717) is 12.4 Å². The highest BCUT2D eigenvalue weighted by Crippen LogP contribution is 2.21. The van der Waals surface area contributed by atoms with Gasteiger partial charge in [-0.15, -0.1) is 11.3 Å². The van der Waals surface area contributed by atoms with Crippen molar-refractivity contribution in [3.63, 3.8) is 0 Å². The summed E-state index contributed by atoms with van der Waals surface area (Å²) in [5.41, 5.74) is 1.87. The van der Waals surface area contributed by atoms with Crippen molar-refractivity contribution < 1.29 is 5.11 Å². The fourth-order valence-corrected chi connectivity index (χ4v) is 2.88. The molecule has 2 aromatic heterocycles. The summed E-state index contributed by atoms with van der Waals surface area (Å²) in [5.74, 6) is 0.643. The van der Waals surface area contributed by atoms with Gasteiger partial charge in [-0.25, -0.2) is 9.97 Å². The molecule has 20 heavy (non-hydrogen) atoms. The normalized spacial score (nSPS) is 12.5. The van der Waals surface area contributed by atoms with Crippen LogP contribution in [0.1, 0.15) is 28.2 Å². The third-order valence-corrected chi connectivity index (χ3v) is 4.03. The van der Waals surface area contributed by atoms with E-state index in [1.165, 1.54) is 0 Å². The summed E-state index contributed by atoms with van der Waals surface area (Å²) < 4.78 is 1.94. The molecule has 0 aliphatic rings. The van der Waals surface area contributed by atoms with Gasteiger partial charge in [0.15, 0.2) is 0 Å². The van der Waals surface area contributed by atoms with Crippen molar-refractivity contribution in [2.24, 2.45) is 0 Å². The Balaban J connectivity index is 1.86. The molecule has 0 aliphatic heterocycles. The Bertz CT molecular complexity index is 690. The lowest BCUT2D eigenvalue weighted by Gasteiger charge is -2.12. The molecule has 0 saturated carbocycles. The van der Waals surface area contributed by atoms with Gasteiger partial charge in [0.1, 0.15) is 16.9 Å². The number of thiazole rings is 1. The van der Waals surface area contributed by atoms with E-state index in [4.69, 9.17) is 0 Å². The van der Waals surface area contributed by atoms with Crippen LogP contribution >= 0.6 is 11.3 Å². The largest absolute Gasteiger partial charge is 0.380 e. The third-order valence-electron chi connectivity index (χ3n) is 3.08. The Morgan fingerprint density at radius 3 is 2.80 bits per heavy atom. The van der Waals surface area contributed by atoms with E-state index in [0.717, 1.165) is 16.3 Å². The van der Waals surface area contributed by atoms with Gasteiger partial charge in [-0.1, -0.05) is 30.3 Å². The number of nitrogens with zero attached hydrogens (tertiary/aromatic N) is 3. The second-order valence-electron chi connectivity index (χ2n) is 4.61. The molecule has 2 heterocycles. The first-order valence-electron chi connectivity index (χ1n) is 6.39. The van der Waals surface area contributed by atoms with Gasteiger partial charge in [-0.2, -0.15) is 0 Å². The quantitative estimate of drug-likeness (QED) is 0.802. The number of hydrogen-bond acceptors (Lipinski definition) is 4. The molecule has 4 nitrogen and oxygen atoms in total. The lowest BCUT2D eigenvalue weighted by atomic mass is 10.1. The Morgan fingerprint density at radius 2 is 2.10 bits per heavy atom. The van der Waals surface area contributed by atoms with Crippen LogP contribution < -0.4 is 0 Å². The van der Waals surface area contributed by atoms with Gasteiger partial charge in [-0.05, 0) is 12.5 Å². The summed E-state index contributed by atoms with van der Waals surface area (Å²) >= 11 is 1.62. The summed E-state index contributed by atoms with van der Waals surface area (Å²) in [6, 6.07) is 9.56. The number of aromatic nitrogens is 3. The van der Waals surface area contributed by atoms with Crippen molar-refractivity contribution in [3.8, 4) is 0 Å². The van der Waals surface area contributed by atoms with Gasteiger partial charge in [0.25, 0.3) is 0 Å². The maximum atomic E-state index is 10.4. The molecule has 0 aliphatic carbocycles. The van der Waals surface area contributed by atoms with E-state index in [1.54, 1.807) is 17.5 Å². The van der Waals surface area contributed by atoms with Crippen LogP contribution in [0.3, 0.4) is 0 Å². The SMILES string of the molecule is Cc1csc(Cn2ccnc2[C@@H](O)c2ccccc2)n1. The fourth-order valence-electron chi connectivity index (χ4n) is 2.11. The molecule has 1 atom stereocenters. The zero-order valence-corrected chi connectivity index (χ0v) is 11.9. The van der Waals surface area contributed by atoms with Gasteiger partial charge < -0.3 is 9.67 Å². The highest BCUT2D eigenvalue weighted by molar-refractivity contribution is 7.09. The van der Waals surface area contributed by atoms with Crippen LogP contribution in [0.25, 0.3) is 0 Å². The Hall–Kier alpha value is -1.98. The maximum absolute atomic E-state index is 10.4. The summed E-state index contributed by atoms with van der Waals surface area (Å²) in [5, 5.41) is 13.5. The second-order valence-corrected chi connectivity index (χ2v) is 5.55. The standard InChI is InChI=1S/C15H15N3OS/c1-11-10-20-13(17-11)9-18-8-7-16-15(18)14(19)12-5-3-2-4-6-12/h2-8,10,14,19H,9H2,1H3/t14-/m0/s1. The molecular formula is C15H15N3OS. The Labute approximate surface area is 121 Å². The average Bonchev–Trinajstić information content (AvgIpc) is 3.09. The Kier molecular flexibility index (Phi) is 3.62. The number of aliphatic hydroxyl groups is 1. The minimum absolute atomic E-state index is 0.637. The predicted octanol–water partition coefficient (Wildman–Crippen LogP) is 2.78. The zero-order valence-electron chi connectivity index (χ0n) is 11.1. The van der Waals surface area contributed by atoms with E-state index in [9.17, 15) is 5.11 Å². The molecule has 0 fully saturated rings. The van der Waals surface area contributed by atoms with E-state index in [2.05, 4.69) is 9.97 Å². The molecule has 1 aromatic carbocycles. The molecule has 0 amide bonds. The molecule has 0 spiro atoms. The fraction of sp³-hybridized carbons (Fsp3) is 0.200. The molecular weight excluding hydrogens is 270 g/mol. The summed E-state index contributed by atoms with van der Waals surface area (Å²) in [6.07, 6.45) is 2.87. The van der Waals surface area contributed by atoms with E-state index in [1.807, 2.05) is 53.4 Å². The van der Waals surface area contributed by atoms with Crippen molar-refractivity contribution in [2.45, 2.75) is 19.6 Å². The van der Waals surface area contributed by atoms with Gasteiger partial charge in [-0.3, -0.25) is 0 Å². The van der Waals surface area contributed by atoms with Gasteiger partial charge in [0.2, 0.25) is 0 Å². The monoisotopic (exact) mass is 285 g/mol. The van der Waals surface area contributed by atoms with Crippen LogP contribution in [-0.4, -0.2) is 19.6 Å². The molecule has 3 rings (SSSR count). The lowest BCUT2D eigenvalue weighted by molar-refractivity contribution is 0.205. The lowest BCUT2D eigenvalue weighted by Crippen LogP contribution is -2.10. The van der Waals surface area contributed by atoms with Crippen LogP contribution in [0.15, 0.2) is 48.1 Å². The summed E-state index contributed by atoms with van der Waals surface area (Å²) in [7, 11) is 0. The molecule has 5 heteroatoms. The van der Waals surface area contributed by atoms with Crippen LogP contribution in [0.4, 0.5) is 0 Å². The summed E-state index contributed by atoms with van der Waals surface area (Å²) in [6.45, 7) is 2.62. The third kappa shape index (κ3) is 2.64. The number of rotatable bonds is 4. The van der Waals surface area contributed by atoms with E-state index >= 15 is 0 Å². The second kappa shape index (κ2) is 5.56. The highest BCUT2D eigenvalue weighted by atomic mass is 32.1. The molecule has 102 valence electrons. The average molecular weight is 285 g/mol. The van der Waals surface area contributed by atoms with Crippen molar-refractivity contribution in [3.05, 3.63) is 70.2 Å². The number of imidazole rings is 1. The predicted molar refractivity (Wildman–Crippen MR) is 78.7 cm³/mol. The van der Waals surface area contributed by atoms with Crippen LogP contribution in [-0.2, 0) is 6.54 Å².